The van der Waals surface area contributed by atoms with Gasteiger partial charge in [-0.25, -0.2) is 0 Å². The molecule has 0 aliphatic heterocycles. The Hall–Kier alpha value is 0.234. The van der Waals surface area contributed by atoms with Crippen LogP contribution in [0, 0.1) is 0 Å². The van der Waals surface area contributed by atoms with Gasteiger partial charge in [-0.2, -0.15) is 0 Å². The van der Waals surface area contributed by atoms with Crippen LogP contribution < -0.4 is 10.4 Å². The standard InChI is InChI=1S/C9H13Cl2Si2/c1-12(2)8-5-4-6-9(7-8)13(3,10)11/h4-7H,1-3H3. The Morgan fingerprint density at radius 2 is 1.85 bits per heavy atom. The molecule has 0 spiro atoms. The molecule has 0 bridgehead atoms. The van der Waals surface area contributed by atoms with E-state index in [1.165, 1.54) is 5.19 Å². The zero-order chi connectivity index (χ0) is 10.1. The lowest BCUT2D eigenvalue weighted by Crippen LogP contribution is -2.37. The average molecular weight is 248 g/mol. The molecule has 1 rings (SSSR count). The molecule has 1 radical (unpaired) electrons. The molecule has 0 unspecified atom stereocenters. The van der Waals surface area contributed by atoms with Gasteiger partial charge in [-0.3, -0.25) is 0 Å². The quantitative estimate of drug-likeness (QED) is 0.557. The van der Waals surface area contributed by atoms with Crippen molar-refractivity contribution in [2.45, 2.75) is 19.6 Å². The lowest BCUT2D eigenvalue weighted by atomic mass is 10.4. The molecule has 0 atom stereocenters. The lowest BCUT2D eigenvalue weighted by molar-refractivity contribution is 1.78. The van der Waals surface area contributed by atoms with Crippen molar-refractivity contribution in [3.63, 3.8) is 0 Å². The van der Waals surface area contributed by atoms with Crippen LogP contribution in [0.25, 0.3) is 0 Å². The second-order valence-electron chi connectivity index (χ2n) is 3.47. The molecule has 0 aliphatic carbocycles. The van der Waals surface area contributed by atoms with E-state index in [0.717, 1.165) is 5.19 Å². The predicted octanol–water partition coefficient (Wildman–Crippen LogP) is 2.40. The highest BCUT2D eigenvalue weighted by Gasteiger charge is 2.24. The Kier molecular flexibility index (Phi) is 3.63. The van der Waals surface area contributed by atoms with E-state index in [9.17, 15) is 0 Å². The van der Waals surface area contributed by atoms with Gasteiger partial charge in [0.15, 0.2) is 0 Å². The molecule has 0 saturated carbocycles. The smallest absolute Gasteiger partial charge is 0.140 e. The molecule has 0 aliphatic rings. The van der Waals surface area contributed by atoms with Crippen LogP contribution in [0.3, 0.4) is 0 Å². The van der Waals surface area contributed by atoms with Crippen molar-refractivity contribution in [2.75, 3.05) is 0 Å². The highest BCUT2D eigenvalue weighted by molar-refractivity contribution is 7.50. The highest BCUT2D eigenvalue weighted by atomic mass is 35.7. The van der Waals surface area contributed by atoms with Crippen molar-refractivity contribution in [1.29, 1.82) is 0 Å². The van der Waals surface area contributed by atoms with Crippen molar-refractivity contribution < 1.29 is 0 Å². The third-order valence-electron chi connectivity index (χ3n) is 1.95. The van der Waals surface area contributed by atoms with E-state index < -0.39 is 6.69 Å². The number of benzene rings is 1. The van der Waals surface area contributed by atoms with Crippen molar-refractivity contribution in [1.82, 2.24) is 0 Å². The van der Waals surface area contributed by atoms with Crippen LogP contribution in [0.1, 0.15) is 0 Å². The van der Waals surface area contributed by atoms with Gasteiger partial charge in [0, 0.05) is 0 Å². The van der Waals surface area contributed by atoms with Crippen molar-refractivity contribution in [3.8, 4) is 0 Å². The first-order valence-corrected chi connectivity index (χ1v) is 11.2. The molecule has 0 aromatic heterocycles. The Labute approximate surface area is 91.9 Å². The molecule has 0 saturated heterocycles. The fourth-order valence-electron chi connectivity index (χ4n) is 1.10. The molecule has 1 aromatic carbocycles. The van der Waals surface area contributed by atoms with Crippen LogP contribution in [0.2, 0.25) is 19.6 Å². The van der Waals surface area contributed by atoms with Gasteiger partial charge in [-0.05, 0) is 11.7 Å². The molecule has 4 heteroatoms. The van der Waals surface area contributed by atoms with Crippen LogP contribution in [0.5, 0.6) is 0 Å². The fraction of sp³-hybridized carbons (Fsp3) is 0.333. The maximum absolute atomic E-state index is 6.15. The Balaban J connectivity index is 3.06. The Bertz CT molecular complexity index is 292. The first-order chi connectivity index (χ1) is 5.91. The normalized spacial score (nSPS) is 12.2. The van der Waals surface area contributed by atoms with Crippen LogP contribution in [-0.4, -0.2) is 15.5 Å². The third-order valence-corrected chi connectivity index (χ3v) is 6.05. The molecular formula is C9H13Cl2Si2. The molecule has 1 aromatic rings. The van der Waals surface area contributed by atoms with Gasteiger partial charge in [0.05, 0.1) is 8.80 Å². The summed E-state index contributed by atoms with van der Waals surface area (Å²) in [6.07, 6.45) is 0. The minimum atomic E-state index is -2.15. The summed E-state index contributed by atoms with van der Waals surface area (Å²) in [6.45, 7) is 4.33. The maximum atomic E-state index is 6.15. The minimum Gasteiger partial charge on any atom is -0.140 e. The van der Waals surface area contributed by atoms with E-state index in [-0.39, 0.29) is 8.80 Å². The summed E-state index contributed by atoms with van der Waals surface area (Å²) < 4.78 is 0. The van der Waals surface area contributed by atoms with Gasteiger partial charge >= 0.3 is 0 Å². The molecule has 0 N–H and O–H groups in total. The van der Waals surface area contributed by atoms with E-state index in [2.05, 4.69) is 31.3 Å². The van der Waals surface area contributed by atoms with Gasteiger partial charge in [-0.15, -0.1) is 22.2 Å². The molecule has 0 nitrogen and oxygen atoms in total. The molecule has 0 fully saturated rings. The summed E-state index contributed by atoms with van der Waals surface area (Å²) in [6, 6.07) is 8.41. The Morgan fingerprint density at radius 1 is 1.23 bits per heavy atom. The Morgan fingerprint density at radius 3 is 2.31 bits per heavy atom. The third kappa shape index (κ3) is 3.13. The zero-order valence-corrected chi connectivity index (χ0v) is 11.6. The average Bonchev–Trinajstić information content (AvgIpc) is 2.03. The van der Waals surface area contributed by atoms with E-state index in [1.807, 2.05) is 12.6 Å². The van der Waals surface area contributed by atoms with E-state index in [0.29, 0.717) is 0 Å². The van der Waals surface area contributed by atoms with Crippen molar-refractivity contribution in [3.05, 3.63) is 24.3 Å². The predicted molar refractivity (Wildman–Crippen MR) is 66.5 cm³/mol. The van der Waals surface area contributed by atoms with Crippen LogP contribution in [0.4, 0.5) is 0 Å². The second-order valence-corrected chi connectivity index (χ2v) is 13.5. The molecular weight excluding hydrogens is 235 g/mol. The zero-order valence-electron chi connectivity index (χ0n) is 8.07. The van der Waals surface area contributed by atoms with Crippen LogP contribution in [0.15, 0.2) is 24.3 Å². The number of hydrogen-bond acceptors (Lipinski definition) is 0. The van der Waals surface area contributed by atoms with E-state index in [4.69, 9.17) is 22.2 Å². The maximum Gasteiger partial charge on any atom is 0.277 e. The first-order valence-electron chi connectivity index (χ1n) is 4.20. The van der Waals surface area contributed by atoms with Gasteiger partial charge in [-0.1, -0.05) is 42.5 Å². The molecule has 71 valence electrons. The van der Waals surface area contributed by atoms with Gasteiger partial charge in [0.1, 0.15) is 0 Å². The summed E-state index contributed by atoms with van der Waals surface area (Å²) in [4.78, 5) is 0. The van der Waals surface area contributed by atoms with Crippen molar-refractivity contribution in [2.24, 2.45) is 0 Å². The van der Waals surface area contributed by atoms with E-state index >= 15 is 0 Å². The highest BCUT2D eigenvalue weighted by Crippen LogP contribution is 2.12. The second kappa shape index (κ2) is 4.17. The first kappa shape index (κ1) is 11.3. The molecule has 0 heterocycles. The topological polar surface area (TPSA) is 0 Å². The summed E-state index contributed by atoms with van der Waals surface area (Å²) in [5, 5.41) is 2.53. The van der Waals surface area contributed by atoms with Crippen LogP contribution in [-0.2, 0) is 0 Å². The minimum absolute atomic E-state index is 0.389. The fourth-order valence-corrected chi connectivity index (χ4v) is 3.62. The summed E-state index contributed by atoms with van der Waals surface area (Å²) in [7, 11) is -0.389. The van der Waals surface area contributed by atoms with Gasteiger partial charge in [0.2, 0.25) is 0 Å². The SMILES string of the molecule is C[Si](C)c1cccc([Si](C)(Cl)Cl)c1. The number of halogens is 2. The number of rotatable bonds is 2. The van der Waals surface area contributed by atoms with Crippen molar-refractivity contribution >= 4 is 48.0 Å². The van der Waals surface area contributed by atoms with Gasteiger partial charge in [0.25, 0.3) is 6.69 Å². The van der Waals surface area contributed by atoms with E-state index in [1.54, 1.807) is 0 Å². The number of hydrogen-bond donors (Lipinski definition) is 0. The van der Waals surface area contributed by atoms with Crippen LogP contribution >= 0.6 is 22.2 Å². The largest absolute Gasteiger partial charge is 0.277 e. The lowest BCUT2D eigenvalue weighted by Gasteiger charge is -2.13. The molecule has 13 heavy (non-hydrogen) atoms. The molecule has 0 amide bonds. The monoisotopic (exact) mass is 247 g/mol. The van der Waals surface area contributed by atoms with Gasteiger partial charge < -0.3 is 0 Å². The summed E-state index contributed by atoms with van der Waals surface area (Å²) in [5.41, 5.74) is 0. The summed E-state index contributed by atoms with van der Waals surface area (Å²) >= 11 is 12.3. The summed E-state index contributed by atoms with van der Waals surface area (Å²) in [5.74, 6) is 0.